The van der Waals surface area contributed by atoms with Crippen molar-refractivity contribution in [2.75, 3.05) is 37.7 Å². The molecule has 2 aromatic carbocycles. The van der Waals surface area contributed by atoms with Gasteiger partial charge >= 0.3 is 0 Å². The van der Waals surface area contributed by atoms with Crippen molar-refractivity contribution in [1.29, 1.82) is 5.26 Å². The first-order valence-corrected chi connectivity index (χ1v) is 8.72. The molecule has 0 N–H and O–H groups in total. The molecular formula is C21H24N4. The summed E-state index contributed by atoms with van der Waals surface area (Å²) >= 11 is 0. The first-order chi connectivity index (χ1) is 12.2. The van der Waals surface area contributed by atoms with Crippen molar-refractivity contribution < 1.29 is 0 Å². The first-order valence-electron chi connectivity index (χ1n) is 8.72. The highest BCUT2D eigenvalue weighted by atomic mass is 15.3. The van der Waals surface area contributed by atoms with E-state index in [0.29, 0.717) is 0 Å². The number of hydrogen-bond acceptors (Lipinski definition) is 4. The number of aryl methyl sites for hydroxylation is 1. The van der Waals surface area contributed by atoms with Crippen LogP contribution in [-0.2, 0) is 0 Å². The Morgan fingerprint density at radius 2 is 1.84 bits per heavy atom. The fourth-order valence-electron chi connectivity index (χ4n) is 3.14. The molecule has 25 heavy (non-hydrogen) atoms. The second kappa shape index (κ2) is 7.96. The van der Waals surface area contributed by atoms with E-state index in [1.54, 1.807) is 0 Å². The molecule has 0 bridgehead atoms. The molecule has 128 valence electrons. The monoisotopic (exact) mass is 332 g/mol. The van der Waals surface area contributed by atoms with E-state index in [1.165, 1.54) is 11.1 Å². The van der Waals surface area contributed by atoms with E-state index in [0.717, 1.165) is 49.8 Å². The third-order valence-corrected chi connectivity index (χ3v) is 4.68. The lowest BCUT2D eigenvalue weighted by molar-refractivity contribution is 0.266. The summed E-state index contributed by atoms with van der Waals surface area (Å²) in [5, 5.41) is 9.27. The highest BCUT2D eigenvalue weighted by Crippen LogP contribution is 2.21. The Bertz CT molecular complexity index is 796. The summed E-state index contributed by atoms with van der Waals surface area (Å²) < 4.78 is 0. The summed E-state index contributed by atoms with van der Waals surface area (Å²) in [6.45, 7) is 8.70. The van der Waals surface area contributed by atoms with Gasteiger partial charge in [0.25, 0.3) is 0 Å². The second-order valence-electron chi connectivity index (χ2n) is 6.49. The van der Waals surface area contributed by atoms with E-state index in [2.05, 4.69) is 54.0 Å². The van der Waals surface area contributed by atoms with Crippen LogP contribution in [-0.4, -0.2) is 43.5 Å². The quantitative estimate of drug-likeness (QED) is 0.805. The second-order valence-corrected chi connectivity index (χ2v) is 6.49. The SMILES string of the molecule is CC(=NCN1CCN(c2ccccc2C#N)CC1)c1cccc(C)c1. The third-order valence-electron chi connectivity index (χ3n) is 4.68. The molecule has 0 spiro atoms. The van der Waals surface area contributed by atoms with Crippen LogP contribution in [0.3, 0.4) is 0 Å². The molecule has 4 heteroatoms. The number of nitrogens with zero attached hydrogens (tertiary/aromatic N) is 4. The van der Waals surface area contributed by atoms with Gasteiger partial charge in [-0.3, -0.25) is 9.89 Å². The minimum absolute atomic E-state index is 0.730. The van der Waals surface area contributed by atoms with Crippen LogP contribution in [0.1, 0.15) is 23.6 Å². The molecular weight excluding hydrogens is 308 g/mol. The maximum absolute atomic E-state index is 9.27. The Labute approximate surface area is 150 Å². The first kappa shape index (κ1) is 17.2. The molecule has 0 aromatic heterocycles. The summed E-state index contributed by atoms with van der Waals surface area (Å²) in [5.41, 5.74) is 5.34. The molecule has 0 atom stereocenters. The molecule has 0 aliphatic carbocycles. The normalized spacial score (nSPS) is 15.9. The topological polar surface area (TPSA) is 42.6 Å². The zero-order chi connectivity index (χ0) is 17.6. The molecule has 2 aromatic rings. The summed E-state index contributed by atoms with van der Waals surface area (Å²) in [4.78, 5) is 9.43. The molecule has 1 saturated heterocycles. The number of piperazine rings is 1. The van der Waals surface area contributed by atoms with Crippen molar-refractivity contribution in [3.63, 3.8) is 0 Å². The average Bonchev–Trinajstić information content (AvgIpc) is 2.66. The van der Waals surface area contributed by atoms with Gasteiger partial charge in [0.15, 0.2) is 0 Å². The molecule has 3 rings (SSSR count). The Balaban J connectivity index is 1.58. The highest BCUT2D eigenvalue weighted by Gasteiger charge is 2.18. The Morgan fingerprint density at radius 1 is 1.08 bits per heavy atom. The lowest BCUT2D eigenvalue weighted by atomic mass is 10.1. The van der Waals surface area contributed by atoms with Crippen molar-refractivity contribution in [3.8, 4) is 6.07 Å². The lowest BCUT2D eigenvalue weighted by Crippen LogP contribution is -2.46. The van der Waals surface area contributed by atoms with Crippen LogP contribution in [0.15, 0.2) is 53.5 Å². The Hall–Kier alpha value is -2.64. The van der Waals surface area contributed by atoms with Gasteiger partial charge < -0.3 is 4.90 Å². The fourth-order valence-corrected chi connectivity index (χ4v) is 3.14. The van der Waals surface area contributed by atoms with Crippen molar-refractivity contribution >= 4 is 11.4 Å². The van der Waals surface area contributed by atoms with Crippen molar-refractivity contribution in [3.05, 3.63) is 65.2 Å². The predicted octanol–water partition coefficient (Wildman–Crippen LogP) is 3.46. The predicted molar refractivity (Wildman–Crippen MR) is 103 cm³/mol. The molecule has 0 saturated carbocycles. The molecule has 0 unspecified atom stereocenters. The molecule has 0 amide bonds. The number of nitriles is 1. The van der Waals surface area contributed by atoms with Gasteiger partial charge in [-0.15, -0.1) is 0 Å². The van der Waals surface area contributed by atoms with E-state index in [4.69, 9.17) is 4.99 Å². The van der Waals surface area contributed by atoms with Crippen LogP contribution in [0.25, 0.3) is 0 Å². The van der Waals surface area contributed by atoms with Crippen LogP contribution >= 0.6 is 0 Å². The van der Waals surface area contributed by atoms with Gasteiger partial charge in [0.05, 0.1) is 17.9 Å². The summed E-state index contributed by atoms with van der Waals surface area (Å²) in [7, 11) is 0. The zero-order valence-corrected chi connectivity index (χ0v) is 14.9. The number of aliphatic imine (C=N–C) groups is 1. The number of anilines is 1. The van der Waals surface area contributed by atoms with Crippen LogP contribution in [0.5, 0.6) is 0 Å². The molecule has 1 aliphatic rings. The van der Waals surface area contributed by atoms with Gasteiger partial charge in [-0.25, -0.2) is 0 Å². The maximum Gasteiger partial charge on any atom is 0.101 e. The minimum Gasteiger partial charge on any atom is -0.368 e. The van der Waals surface area contributed by atoms with Crippen molar-refractivity contribution in [1.82, 2.24) is 4.90 Å². The van der Waals surface area contributed by atoms with E-state index in [-0.39, 0.29) is 0 Å². The molecule has 1 aliphatic heterocycles. The van der Waals surface area contributed by atoms with Crippen LogP contribution in [0, 0.1) is 18.3 Å². The van der Waals surface area contributed by atoms with Crippen LogP contribution in [0.2, 0.25) is 0 Å². The number of hydrogen-bond donors (Lipinski definition) is 0. The summed E-state index contributed by atoms with van der Waals surface area (Å²) in [6, 6.07) is 18.6. The molecule has 1 fully saturated rings. The smallest absolute Gasteiger partial charge is 0.101 e. The highest BCUT2D eigenvalue weighted by molar-refractivity contribution is 5.98. The fraction of sp³-hybridized carbons (Fsp3) is 0.333. The van der Waals surface area contributed by atoms with Crippen molar-refractivity contribution in [2.45, 2.75) is 13.8 Å². The van der Waals surface area contributed by atoms with Gasteiger partial charge in [0.2, 0.25) is 0 Å². The maximum atomic E-state index is 9.27. The Morgan fingerprint density at radius 3 is 2.56 bits per heavy atom. The molecule has 4 nitrogen and oxygen atoms in total. The van der Waals surface area contributed by atoms with Crippen LogP contribution < -0.4 is 4.90 Å². The van der Waals surface area contributed by atoms with E-state index in [1.807, 2.05) is 24.3 Å². The minimum atomic E-state index is 0.730. The summed E-state index contributed by atoms with van der Waals surface area (Å²) in [6.07, 6.45) is 0. The zero-order valence-electron chi connectivity index (χ0n) is 14.9. The van der Waals surface area contributed by atoms with Gasteiger partial charge in [-0.2, -0.15) is 5.26 Å². The van der Waals surface area contributed by atoms with Crippen LogP contribution in [0.4, 0.5) is 5.69 Å². The largest absolute Gasteiger partial charge is 0.368 e. The molecule has 0 radical (unpaired) electrons. The number of rotatable bonds is 4. The molecule has 1 heterocycles. The summed E-state index contributed by atoms with van der Waals surface area (Å²) in [5.74, 6) is 0. The van der Waals surface area contributed by atoms with Gasteiger partial charge in [0.1, 0.15) is 6.07 Å². The van der Waals surface area contributed by atoms with E-state index < -0.39 is 0 Å². The van der Waals surface area contributed by atoms with E-state index >= 15 is 0 Å². The average molecular weight is 332 g/mol. The van der Waals surface area contributed by atoms with Crippen molar-refractivity contribution in [2.24, 2.45) is 4.99 Å². The number of benzene rings is 2. The van der Waals surface area contributed by atoms with E-state index in [9.17, 15) is 5.26 Å². The van der Waals surface area contributed by atoms with Gasteiger partial charge in [-0.1, -0.05) is 42.0 Å². The van der Waals surface area contributed by atoms with Gasteiger partial charge in [0, 0.05) is 31.9 Å². The van der Waals surface area contributed by atoms with Gasteiger partial charge in [-0.05, 0) is 31.5 Å². The Kier molecular flexibility index (Phi) is 5.47. The third kappa shape index (κ3) is 4.26. The number of para-hydroxylation sites is 1. The lowest BCUT2D eigenvalue weighted by Gasteiger charge is -2.35. The standard InChI is InChI=1S/C21H24N4/c1-17-6-5-8-19(14-17)18(2)23-16-24-10-12-25(13-11-24)21-9-4-3-7-20(21)15-22/h3-9,14H,10-13,16H2,1-2H3.